The predicted molar refractivity (Wildman–Crippen MR) is 74.1 cm³/mol. The van der Waals surface area contributed by atoms with Gasteiger partial charge in [-0.1, -0.05) is 33.1 Å². The normalized spacial score (nSPS) is 13.5. The molecule has 0 rings (SSSR count). The van der Waals surface area contributed by atoms with E-state index in [0.717, 1.165) is 13.0 Å². The van der Waals surface area contributed by atoms with Crippen molar-refractivity contribution >= 4 is 5.91 Å². The highest BCUT2D eigenvalue weighted by Gasteiger charge is 2.12. The summed E-state index contributed by atoms with van der Waals surface area (Å²) in [7, 11) is 0. The summed E-state index contributed by atoms with van der Waals surface area (Å²) in [6.45, 7) is 11.8. The topological polar surface area (TPSA) is 41.1 Å². The van der Waals surface area contributed by atoms with Crippen LogP contribution in [0.2, 0.25) is 0 Å². The zero-order valence-electron chi connectivity index (χ0n) is 12.2. The molecule has 0 aliphatic heterocycles. The Morgan fingerprint density at radius 1 is 1.24 bits per heavy atom. The quantitative estimate of drug-likeness (QED) is 0.687. The molecule has 17 heavy (non-hydrogen) atoms. The molecule has 0 spiro atoms. The Hall–Kier alpha value is -0.570. The number of nitrogens with one attached hydrogen (secondary N) is 2. The second kappa shape index (κ2) is 8.51. The van der Waals surface area contributed by atoms with Gasteiger partial charge in [-0.05, 0) is 33.1 Å². The number of hydrogen-bond donors (Lipinski definition) is 2. The third kappa shape index (κ3) is 10.3. The fraction of sp³-hybridized carbons (Fsp3) is 0.929. The van der Waals surface area contributed by atoms with Gasteiger partial charge in [0.15, 0.2) is 0 Å². The SMILES string of the molecule is CCCCC(CC)CNC(=O)CNC(C)(C)C. The molecular weight excluding hydrogens is 212 g/mol. The molecule has 0 saturated carbocycles. The number of carbonyl (C=O) groups is 1. The fourth-order valence-corrected chi connectivity index (χ4v) is 1.61. The van der Waals surface area contributed by atoms with Crippen molar-refractivity contribution in [1.29, 1.82) is 0 Å². The lowest BCUT2D eigenvalue weighted by Crippen LogP contribution is -2.44. The highest BCUT2D eigenvalue weighted by molar-refractivity contribution is 5.78. The molecule has 1 amide bonds. The highest BCUT2D eigenvalue weighted by atomic mass is 16.1. The summed E-state index contributed by atoms with van der Waals surface area (Å²) in [5, 5.41) is 6.21. The molecule has 3 nitrogen and oxygen atoms in total. The van der Waals surface area contributed by atoms with Crippen molar-refractivity contribution in [2.75, 3.05) is 13.1 Å². The number of carbonyl (C=O) groups excluding carboxylic acids is 1. The maximum Gasteiger partial charge on any atom is 0.233 e. The van der Waals surface area contributed by atoms with Gasteiger partial charge in [-0.2, -0.15) is 0 Å². The lowest BCUT2D eigenvalue weighted by Gasteiger charge is -2.21. The smallest absolute Gasteiger partial charge is 0.233 e. The van der Waals surface area contributed by atoms with Gasteiger partial charge >= 0.3 is 0 Å². The van der Waals surface area contributed by atoms with Crippen molar-refractivity contribution in [2.24, 2.45) is 5.92 Å². The molecule has 102 valence electrons. The maximum atomic E-state index is 11.6. The van der Waals surface area contributed by atoms with Crippen molar-refractivity contribution in [2.45, 2.75) is 65.8 Å². The van der Waals surface area contributed by atoms with E-state index in [1.54, 1.807) is 0 Å². The van der Waals surface area contributed by atoms with Gasteiger partial charge in [0.25, 0.3) is 0 Å². The highest BCUT2D eigenvalue weighted by Crippen LogP contribution is 2.10. The molecule has 3 heteroatoms. The molecule has 0 bridgehead atoms. The lowest BCUT2D eigenvalue weighted by molar-refractivity contribution is -0.120. The van der Waals surface area contributed by atoms with Crippen LogP contribution in [0.3, 0.4) is 0 Å². The van der Waals surface area contributed by atoms with E-state index < -0.39 is 0 Å². The lowest BCUT2D eigenvalue weighted by atomic mass is 9.99. The Labute approximate surface area is 107 Å². The molecule has 0 heterocycles. The second-order valence-corrected chi connectivity index (χ2v) is 5.82. The van der Waals surface area contributed by atoms with Crippen LogP contribution in [0, 0.1) is 5.92 Å². The van der Waals surface area contributed by atoms with Gasteiger partial charge < -0.3 is 10.6 Å². The minimum atomic E-state index is 0.00368. The monoisotopic (exact) mass is 242 g/mol. The van der Waals surface area contributed by atoms with Gasteiger partial charge in [0, 0.05) is 12.1 Å². The van der Waals surface area contributed by atoms with E-state index in [9.17, 15) is 4.79 Å². The molecule has 0 aliphatic carbocycles. The minimum absolute atomic E-state index is 0.00368. The van der Waals surface area contributed by atoms with E-state index in [-0.39, 0.29) is 11.4 Å². The molecule has 0 aromatic carbocycles. The second-order valence-electron chi connectivity index (χ2n) is 5.82. The molecule has 0 aliphatic rings. The van der Waals surface area contributed by atoms with Crippen molar-refractivity contribution in [1.82, 2.24) is 10.6 Å². The van der Waals surface area contributed by atoms with Crippen molar-refractivity contribution in [3.63, 3.8) is 0 Å². The van der Waals surface area contributed by atoms with E-state index in [2.05, 4.69) is 45.3 Å². The van der Waals surface area contributed by atoms with Crippen LogP contribution in [0.5, 0.6) is 0 Å². The first-order valence-electron chi connectivity index (χ1n) is 6.90. The standard InChI is InChI=1S/C14H30N2O/c1-6-8-9-12(7-2)10-15-13(17)11-16-14(3,4)5/h12,16H,6-11H2,1-5H3,(H,15,17). The van der Waals surface area contributed by atoms with E-state index in [1.165, 1.54) is 19.3 Å². The number of unbranched alkanes of at least 4 members (excludes halogenated alkanes) is 1. The fourth-order valence-electron chi connectivity index (χ4n) is 1.61. The zero-order valence-corrected chi connectivity index (χ0v) is 12.2. The van der Waals surface area contributed by atoms with Crippen molar-refractivity contribution in [3.8, 4) is 0 Å². The summed E-state index contributed by atoms with van der Waals surface area (Å²) in [5.41, 5.74) is 0.00368. The number of amides is 1. The van der Waals surface area contributed by atoms with Crippen LogP contribution >= 0.6 is 0 Å². The molecule has 1 atom stereocenters. The summed E-state index contributed by atoms with van der Waals surface area (Å²) in [5.74, 6) is 0.739. The molecule has 0 aromatic rings. The Morgan fingerprint density at radius 2 is 1.88 bits per heavy atom. The van der Waals surface area contributed by atoms with Crippen LogP contribution < -0.4 is 10.6 Å². The Bertz CT molecular complexity index is 209. The number of rotatable bonds is 8. The predicted octanol–water partition coefficient (Wildman–Crippen LogP) is 2.71. The van der Waals surface area contributed by atoms with Gasteiger partial charge in [0.05, 0.1) is 6.54 Å². The summed E-state index contributed by atoms with van der Waals surface area (Å²) in [4.78, 5) is 11.6. The summed E-state index contributed by atoms with van der Waals surface area (Å²) in [6, 6.07) is 0. The molecule has 2 N–H and O–H groups in total. The molecule has 0 fully saturated rings. The van der Waals surface area contributed by atoms with E-state index in [0.29, 0.717) is 12.5 Å². The Balaban J connectivity index is 3.73. The first-order chi connectivity index (χ1) is 7.89. The average molecular weight is 242 g/mol. The molecule has 0 aromatic heterocycles. The van der Waals surface area contributed by atoms with E-state index in [1.807, 2.05) is 0 Å². The van der Waals surface area contributed by atoms with Gasteiger partial charge in [-0.15, -0.1) is 0 Å². The largest absolute Gasteiger partial charge is 0.355 e. The third-order valence-electron chi connectivity index (χ3n) is 2.91. The Kier molecular flexibility index (Phi) is 8.23. The summed E-state index contributed by atoms with van der Waals surface area (Å²) < 4.78 is 0. The van der Waals surface area contributed by atoms with Gasteiger partial charge in [0.2, 0.25) is 5.91 Å². The van der Waals surface area contributed by atoms with Gasteiger partial charge in [-0.25, -0.2) is 0 Å². The molecule has 0 saturated heterocycles. The van der Waals surface area contributed by atoms with Crippen LogP contribution in [0.25, 0.3) is 0 Å². The zero-order chi connectivity index (χ0) is 13.3. The molecule has 0 radical (unpaired) electrons. The first-order valence-corrected chi connectivity index (χ1v) is 6.90. The van der Waals surface area contributed by atoms with Gasteiger partial charge in [0.1, 0.15) is 0 Å². The maximum absolute atomic E-state index is 11.6. The molecule has 1 unspecified atom stereocenters. The first kappa shape index (κ1) is 16.4. The van der Waals surface area contributed by atoms with Crippen LogP contribution in [-0.2, 0) is 4.79 Å². The third-order valence-corrected chi connectivity index (χ3v) is 2.91. The van der Waals surface area contributed by atoms with E-state index in [4.69, 9.17) is 0 Å². The van der Waals surface area contributed by atoms with Crippen LogP contribution in [-0.4, -0.2) is 24.5 Å². The summed E-state index contributed by atoms with van der Waals surface area (Å²) >= 11 is 0. The van der Waals surface area contributed by atoms with Crippen LogP contribution in [0.15, 0.2) is 0 Å². The average Bonchev–Trinajstić information content (AvgIpc) is 2.25. The molecular formula is C14H30N2O. The van der Waals surface area contributed by atoms with Crippen LogP contribution in [0.4, 0.5) is 0 Å². The van der Waals surface area contributed by atoms with Crippen LogP contribution in [0.1, 0.15) is 60.3 Å². The van der Waals surface area contributed by atoms with Gasteiger partial charge in [-0.3, -0.25) is 4.79 Å². The van der Waals surface area contributed by atoms with Crippen molar-refractivity contribution in [3.05, 3.63) is 0 Å². The Morgan fingerprint density at radius 3 is 2.35 bits per heavy atom. The summed E-state index contributed by atoms with van der Waals surface area (Å²) in [6.07, 6.45) is 4.86. The number of hydrogen-bond acceptors (Lipinski definition) is 2. The minimum Gasteiger partial charge on any atom is -0.355 e. The van der Waals surface area contributed by atoms with E-state index >= 15 is 0 Å². The van der Waals surface area contributed by atoms with Crippen molar-refractivity contribution < 1.29 is 4.79 Å².